The van der Waals surface area contributed by atoms with Crippen LogP contribution in [0.4, 0.5) is 0 Å². The molecular weight excluding hydrogens is 218 g/mol. The summed E-state index contributed by atoms with van der Waals surface area (Å²) in [5.41, 5.74) is 3.89. The van der Waals surface area contributed by atoms with Crippen molar-refractivity contribution in [1.82, 2.24) is 0 Å². The Morgan fingerprint density at radius 3 is 2.11 bits per heavy atom. The van der Waals surface area contributed by atoms with E-state index in [1.54, 1.807) is 0 Å². The van der Waals surface area contributed by atoms with Crippen LogP contribution in [-0.2, 0) is 12.8 Å². The molecule has 0 radical (unpaired) electrons. The summed E-state index contributed by atoms with van der Waals surface area (Å²) in [6.45, 7) is 8.23. The molecule has 0 aliphatic heterocycles. The second-order valence-electron chi connectivity index (χ2n) is 3.96. The smallest absolute Gasteiger partial charge is 0.0385 e. The first-order valence-electron chi connectivity index (χ1n) is 6.96. The molecule has 0 aliphatic rings. The van der Waals surface area contributed by atoms with Crippen LogP contribution in [-0.4, -0.2) is 12.8 Å². The second-order valence-corrected chi connectivity index (χ2v) is 3.96. The van der Waals surface area contributed by atoms with Crippen molar-refractivity contribution in [2.45, 2.75) is 47.0 Å². The van der Waals surface area contributed by atoms with Crippen LogP contribution in [0.15, 0.2) is 41.4 Å². The quantitative estimate of drug-likeness (QED) is 0.657. The van der Waals surface area contributed by atoms with Gasteiger partial charge in [-0.3, -0.25) is 4.99 Å². The maximum atomic E-state index is 4.26. The van der Waals surface area contributed by atoms with Gasteiger partial charge in [0.25, 0.3) is 0 Å². The van der Waals surface area contributed by atoms with Gasteiger partial charge in [0.1, 0.15) is 0 Å². The fraction of sp³-hybridized carbons (Fsp3) is 0.471. The fourth-order valence-corrected chi connectivity index (χ4v) is 1.73. The van der Waals surface area contributed by atoms with Crippen molar-refractivity contribution in [1.29, 1.82) is 0 Å². The van der Waals surface area contributed by atoms with E-state index in [1.807, 2.05) is 33.9 Å². The zero-order chi connectivity index (χ0) is 13.8. The van der Waals surface area contributed by atoms with E-state index in [9.17, 15) is 0 Å². The Kier molecular flexibility index (Phi) is 9.94. The molecule has 0 bridgehead atoms. The van der Waals surface area contributed by atoms with Crippen molar-refractivity contribution in [2.75, 3.05) is 7.05 Å². The molecule has 0 spiro atoms. The van der Waals surface area contributed by atoms with E-state index in [0.29, 0.717) is 0 Å². The Balaban J connectivity index is 0.00000137. The first kappa shape index (κ1) is 16.6. The summed E-state index contributed by atoms with van der Waals surface area (Å²) in [4.78, 5) is 4.26. The van der Waals surface area contributed by atoms with Gasteiger partial charge < -0.3 is 0 Å². The number of hydrogen-bond acceptors (Lipinski definition) is 1. The molecule has 1 heteroatoms. The van der Waals surface area contributed by atoms with Crippen LogP contribution in [0.5, 0.6) is 0 Å². The molecular formula is C17H27N. The highest BCUT2D eigenvalue weighted by Crippen LogP contribution is 2.08. The second kappa shape index (κ2) is 10.8. The average molecular weight is 245 g/mol. The van der Waals surface area contributed by atoms with E-state index in [-0.39, 0.29) is 0 Å². The van der Waals surface area contributed by atoms with Gasteiger partial charge in [-0.1, -0.05) is 57.5 Å². The van der Waals surface area contributed by atoms with Gasteiger partial charge in [-0.25, -0.2) is 0 Å². The van der Waals surface area contributed by atoms with Crippen LogP contribution in [0.3, 0.4) is 0 Å². The third-order valence-electron chi connectivity index (χ3n) is 2.59. The predicted molar refractivity (Wildman–Crippen MR) is 83.7 cm³/mol. The SMILES string of the molecule is C/C=C\C(Cc1ccc(CCC)cc1)=NC.CC. The lowest BCUT2D eigenvalue weighted by molar-refractivity contribution is 0.921. The van der Waals surface area contributed by atoms with E-state index >= 15 is 0 Å². The number of rotatable bonds is 5. The molecule has 1 rings (SSSR count). The molecule has 0 aliphatic carbocycles. The van der Waals surface area contributed by atoms with Gasteiger partial charge in [-0.2, -0.15) is 0 Å². The van der Waals surface area contributed by atoms with Gasteiger partial charge in [-0.15, -0.1) is 0 Å². The lowest BCUT2D eigenvalue weighted by atomic mass is 10.0. The molecule has 0 saturated heterocycles. The first-order valence-corrected chi connectivity index (χ1v) is 6.96. The Hall–Kier alpha value is -1.37. The molecule has 100 valence electrons. The van der Waals surface area contributed by atoms with E-state index < -0.39 is 0 Å². The topological polar surface area (TPSA) is 12.4 Å². The van der Waals surface area contributed by atoms with E-state index in [1.165, 1.54) is 24.0 Å². The molecule has 0 N–H and O–H groups in total. The molecule has 0 fully saturated rings. The molecule has 0 aromatic heterocycles. The average Bonchev–Trinajstić information content (AvgIpc) is 2.43. The van der Waals surface area contributed by atoms with Crippen molar-refractivity contribution in [3.63, 3.8) is 0 Å². The summed E-state index contributed by atoms with van der Waals surface area (Å²) in [5, 5.41) is 0. The van der Waals surface area contributed by atoms with Crippen LogP contribution >= 0.6 is 0 Å². The van der Waals surface area contributed by atoms with Crippen molar-refractivity contribution in [3.8, 4) is 0 Å². The van der Waals surface area contributed by atoms with Crippen molar-refractivity contribution >= 4 is 5.71 Å². The lowest BCUT2D eigenvalue weighted by Gasteiger charge is -2.03. The number of nitrogens with zero attached hydrogens (tertiary/aromatic N) is 1. The largest absolute Gasteiger partial charge is 0.293 e. The first-order chi connectivity index (χ1) is 8.80. The van der Waals surface area contributed by atoms with Crippen molar-refractivity contribution in [3.05, 3.63) is 47.5 Å². The fourth-order valence-electron chi connectivity index (χ4n) is 1.73. The summed E-state index contributed by atoms with van der Waals surface area (Å²) < 4.78 is 0. The Morgan fingerprint density at radius 2 is 1.67 bits per heavy atom. The lowest BCUT2D eigenvalue weighted by Crippen LogP contribution is -1.99. The van der Waals surface area contributed by atoms with Gasteiger partial charge in [0, 0.05) is 19.2 Å². The zero-order valence-electron chi connectivity index (χ0n) is 12.5. The normalized spacial score (nSPS) is 11.3. The van der Waals surface area contributed by atoms with E-state index in [4.69, 9.17) is 0 Å². The van der Waals surface area contributed by atoms with Gasteiger partial charge >= 0.3 is 0 Å². The summed E-state index contributed by atoms with van der Waals surface area (Å²) >= 11 is 0. The molecule has 0 unspecified atom stereocenters. The monoisotopic (exact) mass is 245 g/mol. The van der Waals surface area contributed by atoms with Gasteiger partial charge in [-0.05, 0) is 30.5 Å². The Morgan fingerprint density at radius 1 is 1.11 bits per heavy atom. The molecule has 1 aromatic rings. The summed E-state index contributed by atoms with van der Waals surface area (Å²) in [6.07, 6.45) is 7.41. The molecule has 0 heterocycles. The van der Waals surface area contributed by atoms with Crippen LogP contribution in [0.2, 0.25) is 0 Å². The van der Waals surface area contributed by atoms with E-state index in [2.05, 4.69) is 42.3 Å². The summed E-state index contributed by atoms with van der Waals surface area (Å²) in [5.74, 6) is 0. The highest BCUT2D eigenvalue weighted by molar-refractivity contribution is 5.96. The Bertz CT molecular complexity index is 358. The van der Waals surface area contributed by atoms with Crippen molar-refractivity contribution in [2.24, 2.45) is 4.99 Å². The van der Waals surface area contributed by atoms with Crippen LogP contribution in [0.1, 0.15) is 45.2 Å². The van der Waals surface area contributed by atoms with Crippen LogP contribution in [0, 0.1) is 0 Å². The molecule has 0 amide bonds. The minimum Gasteiger partial charge on any atom is -0.293 e. The summed E-state index contributed by atoms with van der Waals surface area (Å²) in [6, 6.07) is 8.86. The number of aryl methyl sites for hydroxylation is 1. The van der Waals surface area contributed by atoms with Crippen molar-refractivity contribution < 1.29 is 0 Å². The number of aliphatic imine (C=N–C) groups is 1. The standard InChI is InChI=1S/C15H21N.C2H6/c1-4-6-13-8-10-14(11-9-13)12-15(16-3)7-5-2;1-2/h5,7-11H,4,6,12H2,1-3H3;1-2H3/b7-5-,16-15?;. The molecule has 0 atom stereocenters. The minimum absolute atomic E-state index is 0.924. The highest BCUT2D eigenvalue weighted by atomic mass is 14.7. The molecule has 1 aromatic carbocycles. The Labute approximate surface area is 113 Å². The maximum absolute atomic E-state index is 4.26. The van der Waals surface area contributed by atoms with Crippen LogP contribution in [0.25, 0.3) is 0 Å². The van der Waals surface area contributed by atoms with E-state index in [0.717, 1.165) is 12.1 Å². The predicted octanol–water partition coefficient (Wildman–Crippen LogP) is 4.85. The highest BCUT2D eigenvalue weighted by Gasteiger charge is 1.97. The molecule has 0 saturated carbocycles. The minimum atomic E-state index is 0.924. The number of allylic oxidation sites excluding steroid dienone is 2. The van der Waals surface area contributed by atoms with Crippen LogP contribution < -0.4 is 0 Å². The number of benzene rings is 1. The summed E-state index contributed by atoms with van der Waals surface area (Å²) in [7, 11) is 1.85. The molecule has 1 nitrogen and oxygen atoms in total. The third kappa shape index (κ3) is 6.39. The maximum Gasteiger partial charge on any atom is 0.0385 e. The van der Waals surface area contributed by atoms with Gasteiger partial charge in [0.15, 0.2) is 0 Å². The zero-order valence-corrected chi connectivity index (χ0v) is 12.5. The van der Waals surface area contributed by atoms with Gasteiger partial charge in [0.05, 0.1) is 0 Å². The molecule has 18 heavy (non-hydrogen) atoms. The van der Waals surface area contributed by atoms with Gasteiger partial charge in [0.2, 0.25) is 0 Å². The third-order valence-corrected chi connectivity index (χ3v) is 2.59. The number of hydrogen-bond donors (Lipinski definition) is 0.